The van der Waals surface area contributed by atoms with Gasteiger partial charge in [-0.15, -0.1) is 0 Å². The van der Waals surface area contributed by atoms with Crippen LogP contribution in [0.3, 0.4) is 0 Å². The second-order valence-electron chi connectivity index (χ2n) is 6.38. The van der Waals surface area contributed by atoms with Crippen molar-refractivity contribution in [3.8, 4) is 0 Å². The molecule has 0 saturated carbocycles. The van der Waals surface area contributed by atoms with Crippen LogP contribution in [0.25, 0.3) is 0 Å². The van der Waals surface area contributed by atoms with Crippen LogP contribution in [-0.2, 0) is 24.1 Å². The second kappa shape index (κ2) is 7.53. The Hall–Kier alpha value is -1.93. The molecule has 1 aromatic carbocycles. The highest BCUT2D eigenvalue weighted by atomic mass is 32.2. The molecular weight excluding hydrogens is 346 g/mol. The highest BCUT2D eigenvalue weighted by molar-refractivity contribution is 7.90. The second-order valence-corrected chi connectivity index (χ2v) is 8.40. The van der Waals surface area contributed by atoms with Gasteiger partial charge < -0.3 is 14.4 Å². The predicted molar refractivity (Wildman–Crippen MR) is 91.2 cm³/mol. The first-order valence-corrected chi connectivity index (χ1v) is 9.88. The molecule has 2 rings (SSSR count). The van der Waals surface area contributed by atoms with Gasteiger partial charge in [0.25, 0.3) is 5.91 Å². The fraction of sp³-hybridized carbons (Fsp3) is 0.529. The monoisotopic (exact) mass is 369 g/mol. The third-order valence-electron chi connectivity index (χ3n) is 3.96. The average molecular weight is 369 g/mol. The summed E-state index contributed by atoms with van der Waals surface area (Å²) in [6, 6.07) is 4.25. The van der Waals surface area contributed by atoms with E-state index in [4.69, 9.17) is 9.47 Å². The molecule has 0 aromatic heterocycles. The third-order valence-corrected chi connectivity index (χ3v) is 5.07. The molecule has 0 radical (unpaired) electrons. The summed E-state index contributed by atoms with van der Waals surface area (Å²) in [5.74, 6) is -1.02. The maximum absolute atomic E-state index is 12.2. The molecule has 1 aromatic rings. The van der Waals surface area contributed by atoms with Gasteiger partial charge in [-0.05, 0) is 38.5 Å². The number of aryl methyl sites for hydroxylation is 1. The molecule has 2 atom stereocenters. The van der Waals surface area contributed by atoms with Crippen molar-refractivity contribution in [1.29, 1.82) is 0 Å². The Balaban J connectivity index is 2.04. The molecule has 1 fully saturated rings. The molecule has 0 unspecified atom stereocenters. The molecule has 138 valence electrons. The number of sulfone groups is 1. The Labute approximate surface area is 147 Å². The molecule has 0 spiro atoms. The Morgan fingerprint density at radius 1 is 1.24 bits per heavy atom. The van der Waals surface area contributed by atoms with E-state index < -0.39 is 15.8 Å². The number of benzene rings is 1. The van der Waals surface area contributed by atoms with Crippen molar-refractivity contribution in [2.75, 3.05) is 26.0 Å². The van der Waals surface area contributed by atoms with Gasteiger partial charge in [0.05, 0.1) is 22.7 Å². The van der Waals surface area contributed by atoms with Crippen LogP contribution in [0.1, 0.15) is 29.8 Å². The molecule has 0 bridgehead atoms. The molecule has 0 N–H and O–H groups in total. The summed E-state index contributed by atoms with van der Waals surface area (Å²) in [4.78, 5) is 26.1. The molecule has 0 aliphatic carbocycles. The summed E-state index contributed by atoms with van der Waals surface area (Å²) in [6.45, 7) is 5.94. The van der Waals surface area contributed by atoms with Gasteiger partial charge in [0.1, 0.15) is 0 Å². The lowest BCUT2D eigenvalue weighted by Crippen LogP contribution is -2.49. The molecule has 1 saturated heterocycles. The van der Waals surface area contributed by atoms with E-state index in [0.29, 0.717) is 18.7 Å². The lowest BCUT2D eigenvalue weighted by atomic mass is 10.1. The molecule has 8 heteroatoms. The lowest BCUT2D eigenvalue weighted by Gasteiger charge is -2.35. The minimum absolute atomic E-state index is 0.0344. The van der Waals surface area contributed by atoms with Crippen molar-refractivity contribution in [2.45, 2.75) is 37.9 Å². The van der Waals surface area contributed by atoms with E-state index in [1.54, 1.807) is 17.9 Å². The zero-order chi connectivity index (χ0) is 18.8. The molecule has 7 nitrogen and oxygen atoms in total. The standard InChI is InChI=1S/C17H23NO6S/c1-11-5-6-14(25(4,21)22)7-15(11)17(20)23-10-16(19)18-8-12(2)24-13(3)9-18/h5-7,12-13H,8-10H2,1-4H3/t12-,13-/m1/s1. The van der Waals surface area contributed by atoms with Gasteiger partial charge >= 0.3 is 5.97 Å². The van der Waals surface area contributed by atoms with E-state index in [0.717, 1.165) is 6.26 Å². The van der Waals surface area contributed by atoms with E-state index in [1.807, 2.05) is 13.8 Å². The van der Waals surface area contributed by atoms with Gasteiger partial charge in [-0.25, -0.2) is 13.2 Å². The third kappa shape index (κ3) is 5.02. The predicted octanol–water partition coefficient (Wildman–Crippen LogP) is 1.19. The minimum atomic E-state index is -3.43. The number of carbonyl (C=O) groups is 2. The van der Waals surface area contributed by atoms with Crippen LogP contribution in [0.4, 0.5) is 0 Å². The van der Waals surface area contributed by atoms with Gasteiger partial charge in [0, 0.05) is 19.3 Å². The largest absolute Gasteiger partial charge is 0.452 e. The van der Waals surface area contributed by atoms with Crippen molar-refractivity contribution >= 4 is 21.7 Å². The number of ether oxygens (including phenoxy) is 2. The summed E-state index contributed by atoms with van der Waals surface area (Å²) in [6.07, 6.45) is 0.922. The van der Waals surface area contributed by atoms with E-state index in [2.05, 4.69) is 0 Å². The first kappa shape index (κ1) is 19.4. The quantitative estimate of drug-likeness (QED) is 0.741. The highest BCUT2D eigenvalue weighted by Gasteiger charge is 2.26. The summed E-state index contributed by atoms with van der Waals surface area (Å²) in [7, 11) is -3.43. The van der Waals surface area contributed by atoms with Crippen molar-refractivity contribution in [3.63, 3.8) is 0 Å². The van der Waals surface area contributed by atoms with Crippen LogP contribution in [-0.4, -0.2) is 63.4 Å². The maximum atomic E-state index is 12.2. The van der Waals surface area contributed by atoms with Gasteiger partial charge in [-0.2, -0.15) is 0 Å². The highest BCUT2D eigenvalue weighted by Crippen LogP contribution is 2.17. The Bertz CT molecular complexity index is 763. The SMILES string of the molecule is Cc1ccc(S(C)(=O)=O)cc1C(=O)OCC(=O)N1C[C@@H](C)O[C@H](C)C1. The fourth-order valence-electron chi connectivity index (χ4n) is 2.73. The normalized spacial score (nSPS) is 21.0. The molecule has 1 amide bonds. The van der Waals surface area contributed by atoms with Crippen LogP contribution in [0, 0.1) is 6.92 Å². The van der Waals surface area contributed by atoms with Crippen molar-refractivity contribution in [3.05, 3.63) is 29.3 Å². The lowest BCUT2D eigenvalue weighted by molar-refractivity contribution is -0.146. The zero-order valence-electron chi connectivity index (χ0n) is 14.8. The number of morpholine rings is 1. The minimum Gasteiger partial charge on any atom is -0.452 e. The van der Waals surface area contributed by atoms with Crippen molar-refractivity contribution in [2.24, 2.45) is 0 Å². The molecular formula is C17H23NO6S. The van der Waals surface area contributed by atoms with Crippen LogP contribution < -0.4 is 0 Å². The van der Waals surface area contributed by atoms with Gasteiger partial charge in [-0.3, -0.25) is 4.79 Å². The van der Waals surface area contributed by atoms with Gasteiger partial charge in [0.2, 0.25) is 0 Å². The molecule has 1 aliphatic rings. The number of nitrogens with zero attached hydrogens (tertiary/aromatic N) is 1. The molecule has 1 aliphatic heterocycles. The number of carbonyl (C=O) groups excluding carboxylic acids is 2. The Kier molecular flexibility index (Phi) is 5.84. The molecule has 25 heavy (non-hydrogen) atoms. The van der Waals surface area contributed by atoms with E-state index in [1.165, 1.54) is 12.1 Å². The average Bonchev–Trinajstić information content (AvgIpc) is 2.50. The van der Waals surface area contributed by atoms with Crippen LogP contribution in [0.2, 0.25) is 0 Å². The van der Waals surface area contributed by atoms with Crippen LogP contribution >= 0.6 is 0 Å². The fourth-order valence-corrected chi connectivity index (χ4v) is 3.38. The topological polar surface area (TPSA) is 90.0 Å². The Morgan fingerprint density at radius 3 is 2.40 bits per heavy atom. The van der Waals surface area contributed by atoms with Crippen molar-refractivity contribution < 1.29 is 27.5 Å². The van der Waals surface area contributed by atoms with Gasteiger partial charge in [-0.1, -0.05) is 6.07 Å². The number of rotatable bonds is 4. The smallest absolute Gasteiger partial charge is 0.338 e. The van der Waals surface area contributed by atoms with Crippen LogP contribution in [0.15, 0.2) is 23.1 Å². The summed E-state index contributed by atoms with van der Waals surface area (Å²) >= 11 is 0. The summed E-state index contributed by atoms with van der Waals surface area (Å²) in [5.41, 5.74) is 0.720. The van der Waals surface area contributed by atoms with Crippen LogP contribution in [0.5, 0.6) is 0 Å². The zero-order valence-corrected chi connectivity index (χ0v) is 15.6. The number of amides is 1. The number of hydrogen-bond acceptors (Lipinski definition) is 6. The summed E-state index contributed by atoms with van der Waals surface area (Å²) in [5, 5.41) is 0. The Morgan fingerprint density at radius 2 is 1.84 bits per heavy atom. The molecule has 1 heterocycles. The van der Waals surface area contributed by atoms with E-state index >= 15 is 0 Å². The first-order valence-electron chi connectivity index (χ1n) is 7.99. The van der Waals surface area contributed by atoms with Crippen molar-refractivity contribution in [1.82, 2.24) is 4.90 Å². The maximum Gasteiger partial charge on any atom is 0.338 e. The van der Waals surface area contributed by atoms with E-state index in [-0.39, 0.29) is 35.2 Å². The number of esters is 1. The van der Waals surface area contributed by atoms with E-state index in [9.17, 15) is 18.0 Å². The van der Waals surface area contributed by atoms with Gasteiger partial charge in [0.15, 0.2) is 16.4 Å². The number of hydrogen-bond donors (Lipinski definition) is 0. The first-order chi connectivity index (χ1) is 11.6. The summed E-state index contributed by atoms with van der Waals surface area (Å²) < 4.78 is 33.9.